The molecule has 0 unspecified atom stereocenters. The minimum Gasteiger partial charge on any atom is -0.282 e. The van der Waals surface area contributed by atoms with Gasteiger partial charge >= 0.3 is 0 Å². The second-order valence-corrected chi connectivity index (χ2v) is 5.71. The Bertz CT molecular complexity index is 751. The van der Waals surface area contributed by atoms with E-state index in [2.05, 4.69) is 10.3 Å². The summed E-state index contributed by atoms with van der Waals surface area (Å²) in [7, 11) is 0. The molecule has 1 fully saturated rings. The van der Waals surface area contributed by atoms with Crippen molar-refractivity contribution < 1.29 is 9.59 Å². The summed E-state index contributed by atoms with van der Waals surface area (Å²) >= 11 is 0.913. The van der Waals surface area contributed by atoms with Crippen LogP contribution in [0.5, 0.6) is 0 Å². The number of carbonyl (C=O) groups is 2. The predicted octanol–water partition coefficient (Wildman–Crippen LogP) is 3.38. The van der Waals surface area contributed by atoms with E-state index >= 15 is 0 Å². The molecule has 0 saturated carbocycles. The standard InChI is InChI=1S/C16H12N2O2S/c1-10-2-4-12(5-3-10)13-8-11(6-7-17-13)9-14-15(19)18-16(20)21-14/h2-9H,1H3,(H,18,19,20)/b14-9-. The smallest absolute Gasteiger partial charge is 0.282 e. The first-order chi connectivity index (χ1) is 10.1. The zero-order valence-corrected chi connectivity index (χ0v) is 12.1. The fourth-order valence-corrected chi connectivity index (χ4v) is 2.67. The average molecular weight is 296 g/mol. The van der Waals surface area contributed by atoms with Gasteiger partial charge in [-0.25, -0.2) is 0 Å². The first-order valence-corrected chi connectivity index (χ1v) is 7.21. The van der Waals surface area contributed by atoms with Crippen LogP contribution in [0.25, 0.3) is 17.3 Å². The highest BCUT2D eigenvalue weighted by Crippen LogP contribution is 2.26. The molecule has 1 saturated heterocycles. The van der Waals surface area contributed by atoms with Gasteiger partial charge in [-0.3, -0.25) is 19.9 Å². The minimum absolute atomic E-state index is 0.334. The summed E-state index contributed by atoms with van der Waals surface area (Å²) in [6, 6.07) is 11.8. The van der Waals surface area contributed by atoms with E-state index in [1.165, 1.54) is 5.56 Å². The molecule has 2 heterocycles. The van der Waals surface area contributed by atoms with E-state index < -0.39 is 0 Å². The number of benzene rings is 1. The number of aromatic nitrogens is 1. The highest BCUT2D eigenvalue weighted by atomic mass is 32.2. The molecular weight excluding hydrogens is 284 g/mol. The molecule has 2 aromatic rings. The van der Waals surface area contributed by atoms with Crippen molar-refractivity contribution in [3.63, 3.8) is 0 Å². The van der Waals surface area contributed by atoms with Crippen LogP contribution in [0.2, 0.25) is 0 Å². The highest BCUT2D eigenvalue weighted by Gasteiger charge is 2.24. The van der Waals surface area contributed by atoms with Crippen LogP contribution < -0.4 is 5.32 Å². The van der Waals surface area contributed by atoms with Gasteiger partial charge in [0, 0.05) is 11.8 Å². The number of nitrogens with zero attached hydrogens (tertiary/aromatic N) is 1. The Morgan fingerprint density at radius 2 is 1.90 bits per heavy atom. The number of amides is 2. The molecule has 5 heteroatoms. The average Bonchev–Trinajstić information content (AvgIpc) is 2.78. The van der Waals surface area contributed by atoms with E-state index in [0.717, 1.165) is 28.6 Å². The molecule has 3 rings (SSSR count). The lowest BCUT2D eigenvalue weighted by atomic mass is 10.1. The first kappa shape index (κ1) is 13.6. The maximum absolute atomic E-state index is 11.5. The molecule has 0 atom stereocenters. The molecule has 1 aromatic heterocycles. The van der Waals surface area contributed by atoms with Crippen molar-refractivity contribution in [2.24, 2.45) is 0 Å². The molecule has 0 bridgehead atoms. The summed E-state index contributed by atoms with van der Waals surface area (Å²) in [4.78, 5) is 27.4. The second kappa shape index (κ2) is 5.54. The Morgan fingerprint density at radius 1 is 1.14 bits per heavy atom. The fraction of sp³-hybridized carbons (Fsp3) is 0.0625. The third kappa shape index (κ3) is 3.03. The van der Waals surface area contributed by atoms with Crippen LogP contribution >= 0.6 is 11.8 Å². The molecule has 1 N–H and O–H groups in total. The summed E-state index contributed by atoms with van der Waals surface area (Å²) < 4.78 is 0. The third-order valence-electron chi connectivity index (χ3n) is 3.07. The number of rotatable bonds is 2. The van der Waals surface area contributed by atoms with Crippen molar-refractivity contribution in [2.75, 3.05) is 0 Å². The zero-order valence-electron chi connectivity index (χ0n) is 11.3. The van der Waals surface area contributed by atoms with E-state index in [1.807, 2.05) is 37.3 Å². The van der Waals surface area contributed by atoms with Crippen LogP contribution in [0.3, 0.4) is 0 Å². The maximum atomic E-state index is 11.5. The number of pyridine rings is 1. The molecule has 1 aliphatic rings. The lowest BCUT2D eigenvalue weighted by Gasteiger charge is -2.03. The van der Waals surface area contributed by atoms with Gasteiger partial charge in [0.2, 0.25) is 0 Å². The zero-order chi connectivity index (χ0) is 14.8. The molecule has 0 spiro atoms. The summed E-state index contributed by atoms with van der Waals surface area (Å²) in [5, 5.41) is 1.91. The SMILES string of the molecule is Cc1ccc(-c2cc(/C=C3\SC(=O)NC3=O)ccn2)cc1. The Labute approximate surface area is 126 Å². The molecule has 21 heavy (non-hydrogen) atoms. The van der Waals surface area contributed by atoms with E-state index in [9.17, 15) is 9.59 Å². The number of hydrogen-bond donors (Lipinski definition) is 1. The second-order valence-electron chi connectivity index (χ2n) is 4.69. The molecule has 104 valence electrons. The van der Waals surface area contributed by atoms with Crippen molar-refractivity contribution in [2.45, 2.75) is 6.92 Å². The molecule has 1 aliphatic heterocycles. The van der Waals surface area contributed by atoms with Crippen LogP contribution in [-0.4, -0.2) is 16.1 Å². The van der Waals surface area contributed by atoms with Crippen LogP contribution in [0.1, 0.15) is 11.1 Å². The van der Waals surface area contributed by atoms with Crippen LogP contribution in [-0.2, 0) is 4.79 Å². The third-order valence-corrected chi connectivity index (χ3v) is 3.88. The number of imide groups is 1. The molecule has 1 aromatic carbocycles. The van der Waals surface area contributed by atoms with Gasteiger partial charge in [-0.2, -0.15) is 0 Å². The van der Waals surface area contributed by atoms with Crippen molar-refractivity contribution in [1.82, 2.24) is 10.3 Å². The summed E-state index contributed by atoms with van der Waals surface area (Å²) in [5.41, 5.74) is 3.88. The van der Waals surface area contributed by atoms with Gasteiger partial charge in [-0.1, -0.05) is 29.8 Å². The summed E-state index contributed by atoms with van der Waals surface area (Å²) in [6.45, 7) is 2.03. The van der Waals surface area contributed by atoms with Crippen LogP contribution in [0.15, 0.2) is 47.5 Å². The largest absolute Gasteiger partial charge is 0.290 e. The number of nitrogens with one attached hydrogen (secondary N) is 1. The van der Waals surface area contributed by atoms with Gasteiger partial charge in [0.05, 0.1) is 10.6 Å². The first-order valence-electron chi connectivity index (χ1n) is 6.40. The van der Waals surface area contributed by atoms with Crippen molar-refractivity contribution in [3.05, 3.63) is 58.6 Å². The predicted molar refractivity (Wildman–Crippen MR) is 83.5 cm³/mol. The van der Waals surface area contributed by atoms with Crippen molar-refractivity contribution in [3.8, 4) is 11.3 Å². The molecule has 4 nitrogen and oxygen atoms in total. The van der Waals surface area contributed by atoms with Gasteiger partial charge in [0.15, 0.2) is 0 Å². The van der Waals surface area contributed by atoms with Crippen molar-refractivity contribution >= 4 is 29.0 Å². The van der Waals surface area contributed by atoms with E-state index in [4.69, 9.17) is 0 Å². The Kier molecular flexibility index (Phi) is 3.58. The number of hydrogen-bond acceptors (Lipinski definition) is 4. The van der Waals surface area contributed by atoms with Gasteiger partial charge in [0.25, 0.3) is 11.1 Å². The molecule has 2 amide bonds. The van der Waals surface area contributed by atoms with Gasteiger partial charge in [-0.05, 0) is 42.5 Å². The Balaban J connectivity index is 1.93. The summed E-state index contributed by atoms with van der Waals surface area (Å²) in [6.07, 6.45) is 3.39. The Morgan fingerprint density at radius 3 is 2.57 bits per heavy atom. The van der Waals surface area contributed by atoms with Gasteiger partial charge in [0.1, 0.15) is 0 Å². The van der Waals surface area contributed by atoms with Crippen LogP contribution in [0.4, 0.5) is 4.79 Å². The van der Waals surface area contributed by atoms with E-state index in [-0.39, 0.29) is 11.1 Å². The van der Waals surface area contributed by atoms with Crippen molar-refractivity contribution in [1.29, 1.82) is 0 Å². The number of aryl methyl sites for hydroxylation is 1. The van der Waals surface area contributed by atoms with E-state index in [0.29, 0.717) is 4.91 Å². The lowest BCUT2D eigenvalue weighted by molar-refractivity contribution is -0.115. The van der Waals surface area contributed by atoms with Crippen LogP contribution in [0, 0.1) is 6.92 Å². The Hall–Kier alpha value is -2.40. The number of thioether (sulfide) groups is 1. The molecular formula is C16H12N2O2S. The van der Waals surface area contributed by atoms with E-state index in [1.54, 1.807) is 18.3 Å². The van der Waals surface area contributed by atoms with Gasteiger partial charge in [-0.15, -0.1) is 0 Å². The monoisotopic (exact) mass is 296 g/mol. The normalized spacial score (nSPS) is 16.3. The lowest BCUT2D eigenvalue weighted by Crippen LogP contribution is -2.17. The summed E-state index contributed by atoms with van der Waals surface area (Å²) in [5.74, 6) is -0.348. The quantitative estimate of drug-likeness (QED) is 0.863. The number of carbonyl (C=O) groups excluding carboxylic acids is 2. The fourth-order valence-electron chi connectivity index (χ4n) is 1.99. The molecule has 0 aliphatic carbocycles. The highest BCUT2D eigenvalue weighted by molar-refractivity contribution is 8.18. The van der Waals surface area contributed by atoms with Gasteiger partial charge < -0.3 is 0 Å². The molecule has 0 radical (unpaired) electrons. The maximum Gasteiger partial charge on any atom is 0.290 e. The topological polar surface area (TPSA) is 59.1 Å². The minimum atomic E-state index is -0.348.